The molecule has 0 aliphatic carbocycles. The number of rotatable bonds is 2. The first-order valence-corrected chi connectivity index (χ1v) is 9.00. The summed E-state index contributed by atoms with van der Waals surface area (Å²) in [5, 5.41) is 0. The van der Waals surface area contributed by atoms with Crippen LogP contribution in [0.5, 0.6) is 5.75 Å². The summed E-state index contributed by atoms with van der Waals surface area (Å²) in [6.07, 6.45) is 0.761. The highest BCUT2D eigenvalue weighted by Crippen LogP contribution is 2.32. The Bertz CT molecular complexity index is 731. The van der Waals surface area contributed by atoms with Gasteiger partial charge >= 0.3 is 0 Å². The van der Waals surface area contributed by atoms with Crippen LogP contribution in [0.4, 0.5) is 5.69 Å². The Kier molecular flexibility index (Phi) is 5.15. The standard InChI is InChI=1S/C19H25N3O4/c1-13(2)18(24)21-7-4-8-22(10-9-21)19(25)14-5-6-16-15(11-14)20(3)17(23)12-26-16/h5-6,11,13H,4,7-10,12H2,1-3H3. The fraction of sp³-hybridized carbons (Fsp3) is 0.526. The zero-order valence-corrected chi connectivity index (χ0v) is 15.5. The number of anilines is 1. The summed E-state index contributed by atoms with van der Waals surface area (Å²) in [5.41, 5.74) is 1.14. The van der Waals surface area contributed by atoms with Crippen LogP contribution in [0.1, 0.15) is 30.6 Å². The predicted octanol–water partition coefficient (Wildman–Crippen LogP) is 1.37. The van der Waals surface area contributed by atoms with Crippen molar-refractivity contribution in [1.82, 2.24) is 9.80 Å². The molecule has 1 aromatic carbocycles. The highest BCUT2D eigenvalue weighted by atomic mass is 16.5. The van der Waals surface area contributed by atoms with Gasteiger partial charge in [-0.2, -0.15) is 0 Å². The summed E-state index contributed by atoms with van der Waals surface area (Å²) < 4.78 is 5.41. The van der Waals surface area contributed by atoms with Crippen molar-refractivity contribution in [2.24, 2.45) is 5.92 Å². The fourth-order valence-corrected chi connectivity index (χ4v) is 3.29. The van der Waals surface area contributed by atoms with Gasteiger partial charge < -0.3 is 19.4 Å². The van der Waals surface area contributed by atoms with Crippen LogP contribution in [0.3, 0.4) is 0 Å². The summed E-state index contributed by atoms with van der Waals surface area (Å²) in [7, 11) is 1.68. The molecule has 1 aromatic rings. The van der Waals surface area contributed by atoms with E-state index in [2.05, 4.69) is 0 Å². The van der Waals surface area contributed by atoms with E-state index in [0.717, 1.165) is 6.42 Å². The van der Waals surface area contributed by atoms with Crippen molar-refractivity contribution < 1.29 is 19.1 Å². The van der Waals surface area contributed by atoms with Gasteiger partial charge in [-0.05, 0) is 24.6 Å². The molecule has 0 radical (unpaired) electrons. The third-order valence-electron chi connectivity index (χ3n) is 4.88. The van der Waals surface area contributed by atoms with Gasteiger partial charge in [0.1, 0.15) is 5.75 Å². The molecule has 0 unspecified atom stereocenters. The number of hydrogen-bond donors (Lipinski definition) is 0. The van der Waals surface area contributed by atoms with E-state index in [4.69, 9.17) is 4.74 Å². The number of carbonyl (C=O) groups is 3. The molecular weight excluding hydrogens is 334 g/mol. The number of ether oxygens (including phenoxy) is 1. The molecule has 26 heavy (non-hydrogen) atoms. The lowest BCUT2D eigenvalue weighted by Crippen LogP contribution is -2.39. The van der Waals surface area contributed by atoms with E-state index < -0.39 is 0 Å². The lowest BCUT2D eigenvalue weighted by atomic mass is 10.1. The second-order valence-electron chi connectivity index (χ2n) is 7.05. The van der Waals surface area contributed by atoms with E-state index in [-0.39, 0.29) is 30.2 Å². The van der Waals surface area contributed by atoms with Crippen LogP contribution >= 0.6 is 0 Å². The van der Waals surface area contributed by atoms with Gasteiger partial charge in [0, 0.05) is 44.7 Å². The quantitative estimate of drug-likeness (QED) is 0.800. The fourth-order valence-electron chi connectivity index (χ4n) is 3.29. The average Bonchev–Trinajstić information content (AvgIpc) is 2.89. The first-order valence-electron chi connectivity index (χ1n) is 9.00. The summed E-state index contributed by atoms with van der Waals surface area (Å²) >= 11 is 0. The first kappa shape index (κ1) is 18.2. The minimum atomic E-state index is -0.139. The normalized spacial score (nSPS) is 17.7. The highest BCUT2D eigenvalue weighted by molar-refractivity contribution is 6.01. The van der Waals surface area contributed by atoms with Gasteiger partial charge in [0.2, 0.25) is 5.91 Å². The summed E-state index contributed by atoms with van der Waals surface area (Å²) in [6.45, 7) is 6.16. The van der Waals surface area contributed by atoms with Gasteiger partial charge in [-0.1, -0.05) is 13.8 Å². The maximum Gasteiger partial charge on any atom is 0.264 e. The number of fused-ring (bicyclic) bond motifs is 1. The van der Waals surface area contributed by atoms with Crippen molar-refractivity contribution in [2.75, 3.05) is 44.7 Å². The van der Waals surface area contributed by atoms with Gasteiger partial charge in [-0.25, -0.2) is 0 Å². The molecule has 7 nitrogen and oxygen atoms in total. The van der Waals surface area contributed by atoms with E-state index in [9.17, 15) is 14.4 Å². The Morgan fingerprint density at radius 1 is 1.08 bits per heavy atom. The van der Waals surface area contributed by atoms with Crippen LogP contribution in [0.25, 0.3) is 0 Å². The zero-order valence-electron chi connectivity index (χ0n) is 15.5. The maximum atomic E-state index is 12.9. The van der Waals surface area contributed by atoms with Crippen LogP contribution in [0.15, 0.2) is 18.2 Å². The van der Waals surface area contributed by atoms with E-state index >= 15 is 0 Å². The molecule has 140 valence electrons. The Morgan fingerprint density at radius 2 is 1.77 bits per heavy atom. The van der Waals surface area contributed by atoms with Crippen molar-refractivity contribution in [3.05, 3.63) is 23.8 Å². The number of benzene rings is 1. The zero-order chi connectivity index (χ0) is 18.8. The van der Waals surface area contributed by atoms with E-state index in [1.807, 2.05) is 18.7 Å². The number of amides is 3. The molecule has 0 aromatic heterocycles. The van der Waals surface area contributed by atoms with Crippen molar-refractivity contribution in [3.8, 4) is 5.75 Å². The molecule has 2 aliphatic rings. The van der Waals surface area contributed by atoms with Crippen LogP contribution in [-0.2, 0) is 9.59 Å². The van der Waals surface area contributed by atoms with Gasteiger partial charge in [0.05, 0.1) is 5.69 Å². The molecule has 0 N–H and O–H groups in total. The molecule has 7 heteroatoms. The second-order valence-corrected chi connectivity index (χ2v) is 7.05. The molecule has 0 spiro atoms. The third-order valence-corrected chi connectivity index (χ3v) is 4.88. The Labute approximate surface area is 153 Å². The molecule has 0 saturated carbocycles. The average molecular weight is 359 g/mol. The molecule has 0 bridgehead atoms. The smallest absolute Gasteiger partial charge is 0.264 e. The lowest BCUT2D eigenvalue weighted by molar-refractivity contribution is -0.134. The lowest BCUT2D eigenvalue weighted by Gasteiger charge is -2.27. The van der Waals surface area contributed by atoms with Crippen LogP contribution in [0.2, 0.25) is 0 Å². The van der Waals surface area contributed by atoms with Gasteiger partial charge in [-0.15, -0.1) is 0 Å². The van der Waals surface area contributed by atoms with Gasteiger partial charge in [0.25, 0.3) is 11.8 Å². The number of hydrogen-bond acceptors (Lipinski definition) is 4. The maximum absolute atomic E-state index is 12.9. The van der Waals surface area contributed by atoms with Gasteiger partial charge in [0.15, 0.2) is 6.61 Å². The first-order chi connectivity index (χ1) is 12.4. The van der Waals surface area contributed by atoms with Crippen LogP contribution in [0, 0.1) is 5.92 Å². The predicted molar refractivity (Wildman–Crippen MR) is 97.3 cm³/mol. The molecule has 1 saturated heterocycles. The third kappa shape index (κ3) is 3.52. The van der Waals surface area contributed by atoms with Gasteiger partial charge in [-0.3, -0.25) is 14.4 Å². The van der Waals surface area contributed by atoms with Crippen LogP contribution in [-0.4, -0.2) is 67.4 Å². The summed E-state index contributed by atoms with van der Waals surface area (Å²) in [4.78, 5) is 42.1. The Balaban J connectivity index is 1.74. The monoisotopic (exact) mass is 359 g/mol. The summed E-state index contributed by atoms with van der Waals surface area (Å²) in [6, 6.07) is 5.17. The molecular formula is C19H25N3O4. The van der Waals surface area contributed by atoms with Crippen LogP contribution < -0.4 is 9.64 Å². The summed E-state index contributed by atoms with van der Waals surface area (Å²) in [5.74, 6) is 0.474. The van der Waals surface area contributed by atoms with Crippen molar-refractivity contribution >= 4 is 23.4 Å². The highest BCUT2D eigenvalue weighted by Gasteiger charge is 2.27. The van der Waals surface area contributed by atoms with E-state index in [1.54, 1.807) is 30.1 Å². The van der Waals surface area contributed by atoms with E-state index in [1.165, 1.54) is 4.90 Å². The Morgan fingerprint density at radius 3 is 2.50 bits per heavy atom. The van der Waals surface area contributed by atoms with Crippen molar-refractivity contribution in [1.29, 1.82) is 0 Å². The van der Waals surface area contributed by atoms with E-state index in [0.29, 0.717) is 43.2 Å². The molecule has 2 heterocycles. The topological polar surface area (TPSA) is 70.2 Å². The largest absolute Gasteiger partial charge is 0.482 e. The number of carbonyl (C=O) groups excluding carboxylic acids is 3. The minimum absolute atomic E-state index is 0.0165. The molecule has 2 aliphatic heterocycles. The Hall–Kier alpha value is -2.57. The van der Waals surface area contributed by atoms with Crippen molar-refractivity contribution in [2.45, 2.75) is 20.3 Å². The molecule has 1 fully saturated rings. The molecule has 0 atom stereocenters. The van der Waals surface area contributed by atoms with Crippen molar-refractivity contribution in [3.63, 3.8) is 0 Å². The molecule has 3 rings (SSSR count). The second kappa shape index (κ2) is 7.35. The number of nitrogens with zero attached hydrogens (tertiary/aromatic N) is 3. The minimum Gasteiger partial charge on any atom is -0.482 e. The molecule has 3 amide bonds. The SMILES string of the molecule is CC(C)C(=O)N1CCCN(C(=O)c2ccc3c(c2)N(C)C(=O)CO3)CC1. The number of likely N-dealkylation sites (N-methyl/N-ethyl adjacent to an activating group) is 1.